The first-order valence-corrected chi connectivity index (χ1v) is 7.26. The van der Waals surface area contributed by atoms with E-state index in [9.17, 15) is 4.79 Å². The first-order valence-electron chi connectivity index (χ1n) is 7.26. The number of carbonyl (C=O) groups excluding carboxylic acids is 1. The monoisotopic (exact) mass is 271 g/mol. The van der Waals surface area contributed by atoms with E-state index in [0.29, 0.717) is 18.6 Å². The zero-order valence-electron chi connectivity index (χ0n) is 12.7. The number of alkyl carbamates (subject to hydrolysis) is 1. The number of carbonyl (C=O) groups is 1. The van der Waals surface area contributed by atoms with Gasteiger partial charge in [-0.25, -0.2) is 4.79 Å². The number of hydrogen-bond donors (Lipinski definition) is 3. The van der Waals surface area contributed by atoms with Gasteiger partial charge in [-0.1, -0.05) is 0 Å². The summed E-state index contributed by atoms with van der Waals surface area (Å²) in [5.74, 6) is 0. The summed E-state index contributed by atoms with van der Waals surface area (Å²) in [5, 5.41) is 6.46. The van der Waals surface area contributed by atoms with Crippen molar-refractivity contribution in [2.75, 3.05) is 6.54 Å². The van der Waals surface area contributed by atoms with Crippen LogP contribution >= 0.6 is 0 Å². The molecule has 5 heteroatoms. The Morgan fingerprint density at radius 3 is 2.26 bits per heavy atom. The Labute approximate surface area is 116 Å². The Kier molecular flexibility index (Phi) is 6.07. The Hall–Kier alpha value is -0.810. The summed E-state index contributed by atoms with van der Waals surface area (Å²) >= 11 is 0. The van der Waals surface area contributed by atoms with Gasteiger partial charge in [-0.2, -0.15) is 0 Å². The lowest BCUT2D eigenvalue weighted by Crippen LogP contribution is -2.47. The third-order valence-electron chi connectivity index (χ3n) is 3.32. The third kappa shape index (κ3) is 6.78. The second-order valence-electron chi connectivity index (χ2n) is 6.50. The Balaban J connectivity index is 2.25. The minimum Gasteiger partial charge on any atom is -0.444 e. The molecule has 0 aromatic heterocycles. The molecule has 1 unspecified atom stereocenters. The third-order valence-corrected chi connectivity index (χ3v) is 3.32. The smallest absolute Gasteiger partial charge is 0.407 e. The second-order valence-corrected chi connectivity index (χ2v) is 6.50. The van der Waals surface area contributed by atoms with Gasteiger partial charge in [-0.3, -0.25) is 0 Å². The Morgan fingerprint density at radius 2 is 1.79 bits per heavy atom. The highest BCUT2D eigenvalue weighted by Gasteiger charge is 2.25. The molecule has 19 heavy (non-hydrogen) atoms. The van der Waals surface area contributed by atoms with Gasteiger partial charge in [0.25, 0.3) is 0 Å². The molecule has 0 spiro atoms. The molecule has 0 aromatic rings. The Morgan fingerprint density at radius 1 is 1.26 bits per heavy atom. The number of nitrogens with two attached hydrogens (primary N) is 1. The van der Waals surface area contributed by atoms with E-state index in [4.69, 9.17) is 10.5 Å². The van der Waals surface area contributed by atoms with Crippen LogP contribution in [0.3, 0.4) is 0 Å². The molecule has 1 amide bonds. The van der Waals surface area contributed by atoms with E-state index in [1.165, 1.54) is 0 Å². The highest BCUT2D eigenvalue weighted by atomic mass is 16.6. The average Bonchev–Trinajstić information content (AvgIpc) is 2.29. The number of nitrogens with one attached hydrogen (secondary N) is 2. The van der Waals surface area contributed by atoms with E-state index in [-0.39, 0.29) is 12.1 Å². The predicted molar refractivity (Wildman–Crippen MR) is 77.1 cm³/mol. The van der Waals surface area contributed by atoms with Crippen LogP contribution in [0.1, 0.15) is 53.4 Å². The molecule has 0 radical (unpaired) electrons. The highest BCUT2D eigenvalue weighted by molar-refractivity contribution is 5.68. The van der Waals surface area contributed by atoms with Crippen molar-refractivity contribution in [2.45, 2.75) is 77.1 Å². The minimum absolute atomic E-state index is 0.237. The highest BCUT2D eigenvalue weighted by Crippen LogP contribution is 2.19. The first-order chi connectivity index (χ1) is 8.80. The normalized spacial score (nSPS) is 25.7. The molecule has 0 aliphatic heterocycles. The number of rotatable bonds is 4. The molecule has 1 aliphatic carbocycles. The van der Waals surface area contributed by atoms with Crippen molar-refractivity contribution in [1.82, 2.24) is 10.6 Å². The molecule has 1 saturated carbocycles. The number of amides is 1. The minimum atomic E-state index is -0.431. The van der Waals surface area contributed by atoms with E-state index < -0.39 is 5.60 Å². The van der Waals surface area contributed by atoms with Crippen LogP contribution in [-0.4, -0.2) is 36.4 Å². The van der Waals surface area contributed by atoms with Gasteiger partial charge in [0, 0.05) is 24.7 Å². The molecule has 112 valence electrons. The number of ether oxygens (including phenoxy) is 1. The van der Waals surface area contributed by atoms with Crippen molar-refractivity contribution in [3.05, 3.63) is 0 Å². The van der Waals surface area contributed by atoms with Gasteiger partial charge >= 0.3 is 6.09 Å². The van der Waals surface area contributed by atoms with Gasteiger partial charge in [-0.05, 0) is 53.4 Å². The van der Waals surface area contributed by atoms with Crippen molar-refractivity contribution in [2.24, 2.45) is 5.73 Å². The van der Waals surface area contributed by atoms with Crippen LogP contribution in [0.5, 0.6) is 0 Å². The zero-order valence-corrected chi connectivity index (χ0v) is 12.7. The maximum Gasteiger partial charge on any atom is 0.407 e. The van der Waals surface area contributed by atoms with Crippen molar-refractivity contribution >= 4 is 6.09 Å². The quantitative estimate of drug-likeness (QED) is 0.728. The van der Waals surface area contributed by atoms with Crippen LogP contribution in [0.25, 0.3) is 0 Å². The largest absolute Gasteiger partial charge is 0.444 e. The lowest BCUT2D eigenvalue weighted by Gasteiger charge is -2.32. The molecule has 0 aromatic carbocycles. The molecule has 4 N–H and O–H groups in total. The van der Waals surface area contributed by atoms with E-state index in [0.717, 1.165) is 25.7 Å². The fourth-order valence-electron chi connectivity index (χ4n) is 2.35. The van der Waals surface area contributed by atoms with Crippen LogP contribution in [0.4, 0.5) is 4.79 Å². The van der Waals surface area contributed by atoms with E-state index in [1.54, 1.807) is 0 Å². The molecular weight excluding hydrogens is 242 g/mol. The molecule has 1 atom stereocenters. The Bertz CT molecular complexity index is 281. The summed E-state index contributed by atoms with van der Waals surface area (Å²) < 4.78 is 5.27. The average molecular weight is 271 g/mol. The van der Waals surface area contributed by atoms with Crippen molar-refractivity contribution in [3.63, 3.8) is 0 Å². The predicted octanol–water partition coefficient (Wildman–Crippen LogP) is 1.76. The maximum absolute atomic E-state index is 11.7. The summed E-state index contributed by atoms with van der Waals surface area (Å²) in [6.45, 7) is 8.39. The standard InChI is InChI=1S/C14H29N3O2/c1-10(9-15)16-11-5-7-12(8-6-11)17-13(18)19-14(2,3)4/h10-12,16H,5-9,15H2,1-4H3,(H,17,18). The van der Waals surface area contributed by atoms with Gasteiger partial charge in [0.15, 0.2) is 0 Å². The SMILES string of the molecule is CC(CN)NC1CCC(NC(=O)OC(C)(C)C)CC1. The molecule has 1 rings (SSSR count). The molecule has 5 nitrogen and oxygen atoms in total. The van der Waals surface area contributed by atoms with Crippen LogP contribution in [0.2, 0.25) is 0 Å². The zero-order chi connectivity index (χ0) is 14.5. The van der Waals surface area contributed by atoms with E-state index >= 15 is 0 Å². The molecule has 0 bridgehead atoms. The summed E-state index contributed by atoms with van der Waals surface area (Å²) in [6.07, 6.45) is 3.83. The topological polar surface area (TPSA) is 76.4 Å². The van der Waals surface area contributed by atoms with Gasteiger partial charge in [-0.15, -0.1) is 0 Å². The van der Waals surface area contributed by atoms with E-state index in [1.807, 2.05) is 20.8 Å². The van der Waals surface area contributed by atoms with Gasteiger partial charge in [0.2, 0.25) is 0 Å². The summed E-state index contributed by atoms with van der Waals surface area (Å²) in [6, 6.07) is 1.12. The molecule has 1 fully saturated rings. The van der Waals surface area contributed by atoms with Crippen molar-refractivity contribution in [3.8, 4) is 0 Å². The lowest BCUT2D eigenvalue weighted by atomic mass is 9.91. The second kappa shape index (κ2) is 7.10. The van der Waals surface area contributed by atoms with Gasteiger partial charge in [0.1, 0.15) is 5.60 Å². The summed E-state index contributed by atoms with van der Waals surface area (Å²) in [5.41, 5.74) is 5.17. The van der Waals surface area contributed by atoms with Crippen LogP contribution in [0.15, 0.2) is 0 Å². The first kappa shape index (κ1) is 16.2. The molecule has 1 aliphatic rings. The van der Waals surface area contributed by atoms with Crippen LogP contribution in [0, 0.1) is 0 Å². The molecule has 0 saturated heterocycles. The summed E-state index contributed by atoms with van der Waals surface area (Å²) in [7, 11) is 0. The lowest BCUT2D eigenvalue weighted by molar-refractivity contribution is 0.0489. The molecular formula is C14H29N3O2. The number of hydrogen-bond acceptors (Lipinski definition) is 4. The van der Waals surface area contributed by atoms with Crippen molar-refractivity contribution in [1.29, 1.82) is 0 Å². The van der Waals surface area contributed by atoms with Crippen LogP contribution in [-0.2, 0) is 4.74 Å². The fraction of sp³-hybridized carbons (Fsp3) is 0.929. The van der Waals surface area contributed by atoms with E-state index in [2.05, 4.69) is 17.6 Å². The fourth-order valence-corrected chi connectivity index (χ4v) is 2.35. The van der Waals surface area contributed by atoms with Crippen molar-refractivity contribution < 1.29 is 9.53 Å². The summed E-state index contributed by atoms with van der Waals surface area (Å²) in [4.78, 5) is 11.7. The van der Waals surface area contributed by atoms with Gasteiger partial charge in [0.05, 0.1) is 0 Å². The van der Waals surface area contributed by atoms with Gasteiger partial charge < -0.3 is 21.1 Å². The molecule has 0 heterocycles. The maximum atomic E-state index is 11.7. The van der Waals surface area contributed by atoms with Crippen LogP contribution < -0.4 is 16.4 Å².